The maximum Gasteiger partial charge on any atom is 0.419 e. The zero-order valence-corrected chi connectivity index (χ0v) is 22.0. The van der Waals surface area contributed by atoms with Gasteiger partial charge >= 0.3 is 18.2 Å². The van der Waals surface area contributed by atoms with E-state index in [4.69, 9.17) is 14.9 Å². The summed E-state index contributed by atoms with van der Waals surface area (Å²) in [4.78, 5) is 64.4. The zero-order chi connectivity index (χ0) is 30.9. The summed E-state index contributed by atoms with van der Waals surface area (Å²) in [6.45, 7) is -0.166. The zero-order valence-electron chi connectivity index (χ0n) is 22.0. The van der Waals surface area contributed by atoms with Crippen LogP contribution in [0.15, 0.2) is 48.5 Å². The molecule has 226 valence electrons. The molecule has 0 saturated heterocycles. The lowest BCUT2D eigenvalue weighted by Crippen LogP contribution is -2.44. The van der Waals surface area contributed by atoms with Gasteiger partial charge in [-0.3, -0.25) is 10.7 Å². The Kier molecular flexibility index (Phi) is 13.2. The van der Waals surface area contributed by atoms with E-state index >= 15 is 0 Å². The summed E-state index contributed by atoms with van der Waals surface area (Å²) in [6.07, 6.45) is -1.25. The van der Waals surface area contributed by atoms with Crippen molar-refractivity contribution in [3.8, 4) is 11.5 Å². The lowest BCUT2D eigenvalue weighted by Gasteiger charge is -2.15. The molecule has 1 unspecified atom stereocenters. The number of hydrogen-bond acceptors (Lipinski definition) is 12. The van der Waals surface area contributed by atoms with E-state index in [9.17, 15) is 39.7 Å². The molecule has 2 aromatic rings. The number of rotatable bonds is 16. The lowest BCUT2D eigenvalue weighted by atomic mass is 10.1. The first kappa shape index (κ1) is 32.5. The molecule has 18 nitrogen and oxygen atoms in total. The Balaban J connectivity index is 1.67. The second-order valence-corrected chi connectivity index (χ2v) is 8.28. The van der Waals surface area contributed by atoms with Gasteiger partial charge < -0.3 is 34.9 Å². The molecule has 0 aromatic heterocycles. The molecule has 0 heterocycles. The summed E-state index contributed by atoms with van der Waals surface area (Å²) in [6, 6.07) is 10.9. The van der Waals surface area contributed by atoms with Crippen molar-refractivity contribution in [2.75, 3.05) is 19.8 Å². The van der Waals surface area contributed by atoms with Crippen LogP contribution in [-0.2, 0) is 27.3 Å². The Hall–Kier alpha value is -5.68. The Morgan fingerprint density at radius 2 is 1.31 bits per heavy atom. The van der Waals surface area contributed by atoms with E-state index in [1.807, 2.05) is 0 Å². The molecule has 2 amide bonds. The highest BCUT2D eigenvalue weighted by atomic mass is 17.0. The summed E-state index contributed by atoms with van der Waals surface area (Å²) in [7, 11) is 0. The number of amides is 2. The molecule has 1 atom stereocenters. The number of benzene rings is 2. The molecule has 0 aliphatic heterocycles. The molecule has 42 heavy (non-hydrogen) atoms. The highest BCUT2D eigenvalue weighted by Crippen LogP contribution is 2.14. The molecule has 2 aromatic carbocycles. The third kappa shape index (κ3) is 13.4. The van der Waals surface area contributed by atoms with Gasteiger partial charge in [0.2, 0.25) is 0 Å². The molecule has 0 fully saturated rings. The number of nitrogens with zero attached hydrogens (tertiary/aromatic N) is 2. The average Bonchev–Trinajstić information content (AvgIpc) is 2.91. The Morgan fingerprint density at radius 3 is 1.76 bits per heavy atom. The topological polar surface area (TPSA) is 255 Å². The standard InChI is InChI=1S/C24H28N6O12/c25-22(28-24(34)42-19-9-5-17(6-10-19)12-15-40-30(37)38)26-13-1-2-20(21(31)32)27-23(33)41-18-7-3-16(4-8-18)11-14-39-29(35)36/h3-10,20H,1-2,11-15H2,(H,27,33)(H,31,32)(H3,25,26,28,34). The maximum atomic E-state index is 12.1. The summed E-state index contributed by atoms with van der Waals surface area (Å²) < 4.78 is 10.1. The van der Waals surface area contributed by atoms with E-state index in [2.05, 4.69) is 25.6 Å². The van der Waals surface area contributed by atoms with E-state index in [1.165, 1.54) is 24.3 Å². The van der Waals surface area contributed by atoms with Gasteiger partial charge in [0.1, 0.15) is 30.8 Å². The molecule has 0 saturated carbocycles. The van der Waals surface area contributed by atoms with Crippen LogP contribution in [-0.4, -0.2) is 65.2 Å². The quantitative estimate of drug-likeness (QED) is 0.0613. The van der Waals surface area contributed by atoms with E-state index in [-0.39, 0.29) is 56.9 Å². The summed E-state index contributed by atoms with van der Waals surface area (Å²) in [5, 5.41) is 42.7. The first-order valence-corrected chi connectivity index (χ1v) is 12.3. The van der Waals surface area contributed by atoms with Crippen molar-refractivity contribution < 1.29 is 48.8 Å². The van der Waals surface area contributed by atoms with Crippen molar-refractivity contribution >= 4 is 24.1 Å². The smallest absolute Gasteiger partial charge is 0.419 e. The van der Waals surface area contributed by atoms with Crippen molar-refractivity contribution in [3.05, 3.63) is 79.9 Å². The SMILES string of the molecule is N=C(NCCCC(NC(=O)Oc1ccc(CCO[N+](=O)[O-])cc1)C(=O)O)NC(=O)Oc1ccc(CCO[N+](=O)[O-])cc1. The first-order chi connectivity index (χ1) is 20.0. The average molecular weight is 593 g/mol. The molecule has 5 N–H and O–H groups in total. The second kappa shape index (κ2) is 17.1. The number of carbonyl (C=O) groups excluding carboxylic acids is 2. The number of carbonyl (C=O) groups is 3. The highest BCUT2D eigenvalue weighted by molar-refractivity contribution is 5.92. The summed E-state index contributed by atoms with van der Waals surface area (Å²) in [5.74, 6) is -1.41. The van der Waals surface area contributed by atoms with Gasteiger partial charge in [-0.05, 0) is 61.1 Å². The van der Waals surface area contributed by atoms with Crippen LogP contribution < -0.4 is 25.4 Å². The van der Waals surface area contributed by atoms with Crippen LogP contribution >= 0.6 is 0 Å². The van der Waals surface area contributed by atoms with Gasteiger partial charge in [0.15, 0.2) is 5.96 Å². The van der Waals surface area contributed by atoms with Crippen molar-refractivity contribution in [2.24, 2.45) is 0 Å². The fourth-order valence-electron chi connectivity index (χ4n) is 3.26. The van der Waals surface area contributed by atoms with E-state index in [0.717, 1.165) is 5.56 Å². The van der Waals surface area contributed by atoms with Crippen LogP contribution in [0.4, 0.5) is 9.59 Å². The molecule has 18 heteroatoms. The van der Waals surface area contributed by atoms with Crippen LogP contribution in [0.5, 0.6) is 11.5 Å². The van der Waals surface area contributed by atoms with Gasteiger partial charge in [0, 0.05) is 6.54 Å². The van der Waals surface area contributed by atoms with Crippen molar-refractivity contribution in [1.29, 1.82) is 5.41 Å². The van der Waals surface area contributed by atoms with Gasteiger partial charge in [-0.2, -0.15) is 0 Å². The monoisotopic (exact) mass is 592 g/mol. The van der Waals surface area contributed by atoms with E-state index < -0.39 is 40.3 Å². The maximum absolute atomic E-state index is 12.1. The molecule has 0 radical (unpaired) electrons. The number of carboxylic acid groups (broad SMARTS) is 1. The Labute approximate surface area is 237 Å². The Bertz CT molecular complexity index is 1240. The van der Waals surface area contributed by atoms with Crippen molar-refractivity contribution in [3.63, 3.8) is 0 Å². The minimum Gasteiger partial charge on any atom is -0.480 e. The molecular formula is C24H28N6O12. The normalized spacial score (nSPS) is 10.9. The van der Waals surface area contributed by atoms with Crippen molar-refractivity contribution in [2.45, 2.75) is 31.7 Å². The van der Waals surface area contributed by atoms with Gasteiger partial charge in [-0.15, -0.1) is 20.2 Å². The summed E-state index contributed by atoms with van der Waals surface area (Å²) in [5.41, 5.74) is 1.41. The molecule has 0 aliphatic carbocycles. The van der Waals surface area contributed by atoms with Gasteiger partial charge in [0.25, 0.3) is 10.2 Å². The fraction of sp³-hybridized carbons (Fsp3) is 0.333. The highest BCUT2D eigenvalue weighted by Gasteiger charge is 2.21. The van der Waals surface area contributed by atoms with Crippen LogP contribution in [0, 0.1) is 25.6 Å². The number of carboxylic acids is 1. The number of ether oxygens (including phenoxy) is 2. The molecule has 0 aliphatic rings. The van der Waals surface area contributed by atoms with Gasteiger partial charge in [-0.1, -0.05) is 24.3 Å². The fourth-order valence-corrected chi connectivity index (χ4v) is 3.26. The Morgan fingerprint density at radius 1 is 0.833 bits per heavy atom. The molecular weight excluding hydrogens is 564 g/mol. The minimum atomic E-state index is -1.30. The minimum absolute atomic E-state index is 0.0242. The molecule has 2 rings (SSSR count). The van der Waals surface area contributed by atoms with Gasteiger partial charge in [0.05, 0.1) is 0 Å². The van der Waals surface area contributed by atoms with Crippen LogP contribution in [0.2, 0.25) is 0 Å². The number of hydrogen-bond donors (Lipinski definition) is 5. The van der Waals surface area contributed by atoms with Crippen LogP contribution in [0.3, 0.4) is 0 Å². The summed E-state index contributed by atoms with van der Waals surface area (Å²) >= 11 is 0. The predicted molar refractivity (Wildman–Crippen MR) is 141 cm³/mol. The van der Waals surface area contributed by atoms with E-state index in [0.29, 0.717) is 5.56 Å². The number of guanidine groups is 1. The van der Waals surface area contributed by atoms with Crippen LogP contribution in [0.1, 0.15) is 24.0 Å². The van der Waals surface area contributed by atoms with Crippen molar-refractivity contribution in [1.82, 2.24) is 16.0 Å². The van der Waals surface area contributed by atoms with Gasteiger partial charge in [-0.25, -0.2) is 14.4 Å². The van der Waals surface area contributed by atoms with E-state index in [1.54, 1.807) is 24.3 Å². The molecule has 0 spiro atoms. The third-order valence-corrected chi connectivity index (χ3v) is 5.23. The van der Waals surface area contributed by atoms with Crippen LogP contribution in [0.25, 0.3) is 0 Å². The first-order valence-electron chi connectivity index (χ1n) is 12.3. The predicted octanol–water partition coefficient (Wildman–Crippen LogP) is 1.82. The number of aliphatic carboxylic acids is 1. The molecule has 0 bridgehead atoms. The lowest BCUT2D eigenvalue weighted by molar-refractivity contribution is -0.757. The third-order valence-electron chi connectivity index (χ3n) is 5.23. The number of nitrogens with one attached hydrogen (secondary N) is 4. The second-order valence-electron chi connectivity index (χ2n) is 8.28. The largest absolute Gasteiger partial charge is 0.480 e.